The van der Waals surface area contributed by atoms with Crippen LogP contribution in [0, 0.1) is 13.8 Å². The molecule has 0 amide bonds. The third-order valence-electron chi connectivity index (χ3n) is 4.10. The third-order valence-corrected chi connectivity index (χ3v) is 5.17. The highest BCUT2D eigenvalue weighted by molar-refractivity contribution is 7.11. The number of thiazole rings is 1. The maximum absolute atomic E-state index is 4.62. The van der Waals surface area contributed by atoms with Gasteiger partial charge in [0.25, 0.3) is 0 Å². The lowest BCUT2D eigenvalue weighted by molar-refractivity contribution is 0.702. The minimum absolute atomic E-state index is 0.737. The molecule has 7 heteroatoms. The molecule has 0 fully saturated rings. The van der Waals surface area contributed by atoms with Crippen LogP contribution < -0.4 is 10.6 Å². The largest absolute Gasteiger partial charge is 0.352 e. The molecule has 0 spiro atoms. The lowest BCUT2D eigenvalue weighted by Crippen LogP contribution is -2.36. The number of nitrogens with one attached hydrogen (secondary N) is 2. The van der Waals surface area contributed by atoms with Crippen LogP contribution in [-0.2, 0) is 33.0 Å². The Kier molecular flexibility index (Phi) is 6.36. The molecule has 0 atom stereocenters. The van der Waals surface area contributed by atoms with Crippen LogP contribution in [0.1, 0.15) is 46.4 Å². The van der Waals surface area contributed by atoms with E-state index in [1.165, 1.54) is 16.1 Å². The van der Waals surface area contributed by atoms with Crippen molar-refractivity contribution in [1.82, 2.24) is 25.4 Å². The number of aromatic nitrogens is 3. The van der Waals surface area contributed by atoms with Crippen LogP contribution in [0.15, 0.2) is 4.99 Å². The number of nitrogens with zero attached hydrogens (tertiary/aromatic N) is 4. The number of rotatable bonds is 6. The normalized spacial score (nSPS) is 11.8. The topological polar surface area (TPSA) is 67.1 Å². The van der Waals surface area contributed by atoms with Gasteiger partial charge in [-0.25, -0.2) is 4.98 Å². The average Bonchev–Trinajstić information content (AvgIpc) is 3.05. The van der Waals surface area contributed by atoms with Crippen molar-refractivity contribution in [1.29, 1.82) is 0 Å². The van der Waals surface area contributed by atoms with E-state index in [0.717, 1.165) is 48.3 Å². The van der Waals surface area contributed by atoms with Crippen LogP contribution in [0.3, 0.4) is 0 Å². The van der Waals surface area contributed by atoms with Gasteiger partial charge in [0, 0.05) is 36.8 Å². The Morgan fingerprint density at radius 3 is 2.42 bits per heavy atom. The van der Waals surface area contributed by atoms with Gasteiger partial charge in [-0.2, -0.15) is 5.10 Å². The first kappa shape index (κ1) is 18.4. The summed E-state index contributed by atoms with van der Waals surface area (Å²) in [5.74, 6) is 0.799. The van der Waals surface area contributed by atoms with E-state index in [2.05, 4.69) is 39.6 Å². The van der Waals surface area contributed by atoms with Crippen molar-refractivity contribution >= 4 is 17.3 Å². The van der Waals surface area contributed by atoms with Crippen molar-refractivity contribution in [3.8, 4) is 0 Å². The average molecular weight is 349 g/mol. The van der Waals surface area contributed by atoms with Crippen molar-refractivity contribution < 1.29 is 0 Å². The third kappa shape index (κ3) is 4.14. The molecule has 0 aromatic carbocycles. The SMILES string of the molecule is CCc1nn(C)c(CC)c1CNC(=NC)NCc1sc(C)nc1C. The summed E-state index contributed by atoms with van der Waals surface area (Å²) in [6.45, 7) is 9.88. The van der Waals surface area contributed by atoms with Crippen LogP contribution in [0.25, 0.3) is 0 Å². The molecule has 0 bridgehead atoms. The molecular weight excluding hydrogens is 320 g/mol. The highest BCUT2D eigenvalue weighted by Crippen LogP contribution is 2.17. The summed E-state index contributed by atoms with van der Waals surface area (Å²) in [4.78, 5) is 10.0. The fraction of sp³-hybridized carbons (Fsp3) is 0.588. The number of hydrogen-bond acceptors (Lipinski definition) is 4. The second-order valence-corrected chi connectivity index (χ2v) is 7.01. The first-order chi connectivity index (χ1) is 11.5. The molecule has 24 heavy (non-hydrogen) atoms. The van der Waals surface area contributed by atoms with E-state index in [1.807, 2.05) is 25.6 Å². The maximum atomic E-state index is 4.62. The summed E-state index contributed by atoms with van der Waals surface area (Å²) in [7, 11) is 3.81. The van der Waals surface area contributed by atoms with Gasteiger partial charge < -0.3 is 10.6 Å². The van der Waals surface area contributed by atoms with Gasteiger partial charge in [0.15, 0.2) is 5.96 Å². The van der Waals surface area contributed by atoms with Gasteiger partial charge in [-0.3, -0.25) is 9.67 Å². The molecule has 0 aliphatic heterocycles. The van der Waals surface area contributed by atoms with Crippen molar-refractivity contribution in [2.24, 2.45) is 12.0 Å². The molecule has 0 aliphatic rings. The fourth-order valence-electron chi connectivity index (χ4n) is 2.89. The minimum Gasteiger partial charge on any atom is -0.352 e. The number of aliphatic imine (C=N–C) groups is 1. The van der Waals surface area contributed by atoms with Crippen molar-refractivity contribution in [3.05, 3.63) is 32.5 Å². The molecule has 2 N–H and O–H groups in total. The Bertz CT molecular complexity index is 713. The van der Waals surface area contributed by atoms with Crippen LogP contribution >= 0.6 is 11.3 Å². The fourth-order valence-corrected chi connectivity index (χ4v) is 3.77. The molecule has 2 aromatic rings. The van der Waals surface area contributed by atoms with Gasteiger partial charge in [0.1, 0.15) is 0 Å². The van der Waals surface area contributed by atoms with Crippen molar-refractivity contribution in [2.45, 2.75) is 53.6 Å². The summed E-state index contributed by atoms with van der Waals surface area (Å²) < 4.78 is 2.00. The van der Waals surface area contributed by atoms with E-state index in [-0.39, 0.29) is 0 Å². The standard InChI is InChI=1S/C17H28N6S/c1-7-14-13(15(8-2)23(6)22-14)9-19-17(18-5)20-10-16-11(3)21-12(4)24-16/h7-10H2,1-6H3,(H2,18,19,20). The van der Waals surface area contributed by atoms with E-state index in [4.69, 9.17) is 0 Å². The molecule has 0 saturated heterocycles. The second-order valence-electron chi connectivity index (χ2n) is 5.72. The van der Waals surface area contributed by atoms with Crippen molar-refractivity contribution in [3.63, 3.8) is 0 Å². The smallest absolute Gasteiger partial charge is 0.191 e. The zero-order valence-electron chi connectivity index (χ0n) is 15.5. The Hall–Kier alpha value is -1.89. The highest BCUT2D eigenvalue weighted by atomic mass is 32.1. The summed E-state index contributed by atoms with van der Waals surface area (Å²) in [5, 5.41) is 12.5. The quantitative estimate of drug-likeness (QED) is 0.622. The van der Waals surface area contributed by atoms with E-state index < -0.39 is 0 Å². The highest BCUT2D eigenvalue weighted by Gasteiger charge is 2.14. The van der Waals surface area contributed by atoms with Gasteiger partial charge in [-0.15, -0.1) is 11.3 Å². The predicted octanol–water partition coefficient (Wildman–Crippen LogP) is 2.48. The number of guanidine groups is 1. The molecule has 0 aliphatic carbocycles. The molecule has 0 unspecified atom stereocenters. The van der Waals surface area contributed by atoms with Gasteiger partial charge in [0.05, 0.1) is 22.9 Å². The van der Waals surface area contributed by atoms with E-state index in [1.54, 1.807) is 18.4 Å². The first-order valence-electron chi connectivity index (χ1n) is 8.41. The van der Waals surface area contributed by atoms with Crippen LogP contribution in [0.2, 0.25) is 0 Å². The maximum Gasteiger partial charge on any atom is 0.191 e. The Balaban J connectivity index is 2.00. The first-order valence-corrected chi connectivity index (χ1v) is 9.22. The van der Waals surface area contributed by atoms with Crippen LogP contribution in [0.4, 0.5) is 0 Å². The zero-order chi connectivity index (χ0) is 17.7. The van der Waals surface area contributed by atoms with Gasteiger partial charge in [-0.1, -0.05) is 13.8 Å². The summed E-state index contributed by atoms with van der Waals surface area (Å²) in [6, 6.07) is 0. The lowest BCUT2D eigenvalue weighted by Gasteiger charge is -2.12. The number of hydrogen-bond donors (Lipinski definition) is 2. The molecule has 0 saturated carbocycles. The van der Waals surface area contributed by atoms with E-state index in [0.29, 0.717) is 0 Å². The minimum atomic E-state index is 0.737. The van der Waals surface area contributed by atoms with Crippen LogP contribution in [-0.4, -0.2) is 27.8 Å². The summed E-state index contributed by atoms with van der Waals surface area (Å²) in [5.41, 5.74) is 4.82. The summed E-state index contributed by atoms with van der Waals surface area (Å²) >= 11 is 1.73. The van der Waals surface area contributed by atoms with Gasteiger partial charge >= 0.3 is 0 Å². The Morgan fingerprint density at radius 2 is 1.88 bits per heavy atom. The van der Waals surface area contributed by atoms with E-state index in [9.17, 15) is 0 Å². The van der Waals surface area contributed by atoms with Gasteiger partial charge in [-0.05, 0) is 26.7 Å². The molecular formula is C17H28N6S. The Morgan fingerprint density at radius 1 is 1.17 bits per heavy atom. The molecule has 2 rings (SSSR count). The molecule has 2 aromatic heterocycles. The van der Waals surface area contributed by atoms with Crippen LogP contribution in [0.5, 0.6) is 0 Å². The summed E-state index contributed by atoms with van der Waals surface area (Å²) in [6.07, 6.45) is 1.92. The van der Waals surface area contributed by atoms with Gasteiger partial charge in [0.2, 0.25) is 0 Å². The second kappa shape index (κ2) is 8.28. The molecule has 2 heterocycles. The van der Waals surface area contributed by atoms with Crippen molar-refractivity contribution in [2.75, 3.05) is 7.05 Å². The lowest BCUT2D eigenvalue weighted by atomic mass is 10.1. The number of aryl methyl sites for hydroxylation is 4. The monoisotopic (exact) mass is 348 g/mol. The zero-order valence-corrected chi connectivity index (χ0v) is 16.3. The molecule has 6 nitrogen and oxygen atoms in total. The van der Waals surface area contributed by atoms with E-state index >= 15 is 0 Å². The molecule has 0 radical (unpaired) electrons. The predicted molar refractivity (Wildman–Crippen MR) is 101 cm³/mol. The Labute approximate surface area is 148 Å². The molecule has 132 valence electrons.